The van der Waals surface area contributed by atoms with Crippen LogP contribution in [0.5, 0.6) is 5.75 Å². The van der Waals surface area contributed by atoms with E-state index in [2.05, 4.69) is 20.9 Å². The summed E-state index contributed by atoms with van der Waals surface area (Å²) in [5.74, 6) is 0.110. The molecule has 7 nitrogen and oxygen atoms in total. The molecule has 28 heavy (non-hydrogen) atoms. The van der Waals surface area contributed by atoms with Crippen LogP contribution in [0, 0.1) is 0 Å². The third kappa shape index (κ3) is 4.85. The molecule has 2 aromatic carbocycles. The molecule has 3 rings (SSSR count). The molecule has 3 N–H and O–H groups in total. The minimum atomic E-state index is -0.339. The number of ether oxygens (including phenoxy) is 1. The van der Waals surface area contributed by atoms with Crippen LogP contribution in [0.2, 0.25) is 0 Å². The zero-order valence-corrected chi connectivity index (χ0v) is 15.5. The Labute approximate surface area is 162 Å². The van der Waals surface area contributed by atoms with Crippen molar-refractivity contribution in [2.75, 3.05) is 23.1 Å². The predicted octanol–water partition coefficient (Wildman–Crippen LogP) is 4.04. The molecule has 0 saturated carbocycles. The molecule has 1 heterocycles. The number of nitrogens with one attached hydrogen (secondary N) is 3. The molecule has 2 amide bonds. The van der Waals surface area contributed by atoms with Gasteiger partial charge in [-0.2, -0.15) is 0 Å². The second kappa shape index (κ2) is 8.68. The lowest BCUT2D eigenvalue weighted by atomic mass is 10.2. The van der Waals surface area contributed by atoms with E-state index in [0.717, 1.165) is 5.69 Å². The Hall–Kier alpha value is -3.87. The fourth-order valence-corrected chi connectivity index (χ4v) is 2.57. The first kappa shape index (κ1) is 18.9. The van der Waals surface area contributed by atoms with Gasteiger partial charge in [-0.15, -0.1) is 0 Å². The molecule has 142 valence electrons. The summed E-state index contributed by atoms with van der Waals surface area (Å²) in [7, 11) is 1.55. The van der Waals surface area contributed by atoms with Crippen LogP contribution in [0.25, 0.3) is 0 Å². The number of carbonyl (C=O) groups is 2. The Balaban J connectivity index is 1.71. The maximum atomic E-state index is 12.5. The number of amides is 2. The van der Waals surface area contributed by atoms with E-state index < -0.39 is 0 Å². The number of hydrogen-bond acceptors (Lipinski definition) is 5. The van der Waals surface area contributed by atoms with Gasteiger partial charge in [0.15, 0.2) is 0 Å². The highest BCUT2D eigenvalue weighted by molar-refractivity contribution is 6.04. The number of carbonyl (C=O) groups excluding carboxylic acids is 2. The van der Waals surface area contributed by atoms with Crippen LogP contribution in [0.3, 0.4) is 0 Å². The molecule has 0 aliphatic carbocycles. The molecule has 0 bridgehead atoms. The van der Waals surface area contributed by atoms with Crippen LogP contribution in [0.15, 0.2) is 66.9 Å². The summed E-state index contributed by atoms with van der Waals surface area (Å²) in [6.45, 7) is 1.46. The highest BCUT2D eigenvalue weighted by Crippen LogP contribution is 2.24. The number of pyridine rings is 1. The summed E-state index contributed by atoms with van der Waals surface area (Å²) in [6, 6.07) is 17.8. The number of aromatic nitrogens is 1. The van der Waals surface area contributed by atoms with Crippen LogP contribution in [-0.4, -0.2) is 23.9 Å². The molecule has 0 radical (unpaired) electrons. The van der Waals surface area contributed by atoms with Crippen molar-refractivity contribution in [1.29, 1.82) is 0 Å². The molecule has 3 aromatic rings. The Morgan fingerprint density at radius 2 is 1.61 bits per heavy atom. The fourth-order valence-electron chi connectivity index (χ4n) is 2.57. The highest BCUT2D eigenvalue weighted by Gasteiger charge is 2.11. The van der Waals surface area contributed by atoms with Crippen LogP contribution in [-0.2, 0) is 4.79 Å². The lowest BCUT2D eigenvalue weighted by molar-refractivity contribution is -0.114. The molecule has 0 unspecified atom stereocenters. The molecule has 0 saturated heterocycles. The highest BCUT2D eigenvalue weighted by atomic mass is 16.5. The maximum Gasteiger partial charge on any atom is 0.274 e. The lowest BCUT2D eigenvalue weighted by Gasteiger charge is -2.11. The van der Waals surface area contributed by atoms with E-state index in [1.54, 1.807) is 49.7 Å². The molecular weight excluding hydrogens is 356 g/mol. The molecular formula is C21H20N4O3. The Morgan fingerprint density at radius 1 is 0.893 bits per heavy atom. The smallest absolute Gasteiger partial charge is 0.274 e. The second-order valence-corrected chi connectivity index (χ2v) is 5.97. The van der Waals surface area contributed by atoms with Gasteiger partial charge < -0.3 is 20.7 Å². The zero-order valence-electron chi connectivity index (χ0n) is 15.5. The van der Waals surface area contributed by atoms with E-state index in [4.69, 9.17) is 4.74 Å². The number of para-hydroxylation sites is 2. The fraction of sp³-hybridized carbons (Fsp3) is 0.0952. The molecule has 1 aromatic heterocycles. The Kier molecular flexibility index (Phi) is 5.86. The number of benzene rings is 2. The molecule has 0 atom stereocenters. The van der Waals surface area contributed by atoms with E-state index in [9.17, 15) is 9.59 Å². The van der Waals surface area contributed by atoms with Crippen LogP contribution < -0.4 is 20.7 Å². The first-order chi connectivity index (χ1) is 13.5. The molecule has 0 aliphatic rings. The SMILES string of the molecule is COc1ccccc1NC(=O)c1cc(Nc2ccc(NC(C)=O)cc2)ccn1. The van der Waals surface area contributed by atoms with Crippen LogP contribution in [0.1, 0.15) is 17.4 Å². The van der Waals surface area contributed by atoms with Crippen molar-refractivity contribution in [3.63, 3.8) is 0 Å². The average molecular weight is 376 g/mol. The number of rotatable bonds is 6. The molecule has 0 aliphatic heterocycles. The first-order valence-electron chi connectivity index (χ1n) is 8.60. The van der Waals surface area contributed by atoms with E-state index in [-0.39, 0.29) is 17.5 Å². The maximum absolute atomic E-state index is 12.5. The van der Waals surface area contributed by atoms with Crippen LogP contribution in [0.4, 0.5) is 22.7 Å². The monoisotopic (exact) mass is 376 g/mol. The van der Waals surface area contributed by atoms with Gasteiger partial charge in [0, 0.05) is 30.2 Å². The van der Waals surface area contributed by atoms with Gasteiger partial charge in [-0.05, 0) is 48.5 Å². The van der Waals surface area contributed by atoms with E-state index in [1.807, 2.05) is 24.3 Å². The summed E-state index contributed by atoms with van der Waals surface area (Å²) < 4.78 is 5.24. The molecule has 7 heteroatoms. The summed E-state index contributed by atoms with van der Waals surface area (Å²) in [5, 5.41) is 8.72. The van der Waals surface area contributed by atoms with E-state index in [1.165, 1.54) is 6.92 Å². The van der Waals surface area contributed by atoms with Crippen molar-refractivity contribution < 1.29 is 14.3 Å². The summed E-state index contributed by atoms with van der Waals surface area (Å²) in [6.07, 6.45) is 1.56. The first-order valence-corrected chi connectivity index (χ1v) is 8.60. The quantitative estimate of drug-likeness (QED) is 0.604. The number of anilines is 4. The Bertz CT molecular complexity index is 987. The predicted molar refractivity (Wildman–Crippen MR) is 109 cm³/mol. The largest absolute Gasteiger partial charge is 0.495 e. The summed E-state index contributed by atoms with van der Waals surface area (Å²) in [4.78, 5) is 27.8. The van der Waals surface area contributed by atoms with Gasteiger partial charge in [0.2, 0.25) is 5.91 Å². The third-order valence-electron chi connectivity index (χ3n) is 3.84. The van der Waals surface area contributed by atoms with Crippen molar-refractivity contribution in [3.05, 3.63) is 72.6 Å². The van der Waals surface area contributed by atoms with Gasteiger partial charge in [-0.3, -0.25) is 14.6 Å². The minimum absolute atomic E-state index is 0.124. The lowest BCUT2D eigenvalue weighted by Crippen LogP contribution is -2.14. The van der Waals surface area contributed by atoms with Gasteiger partial charge in [0.05, 0.1) is 12.8 Å². The number of methoxy groups -OCH3 is 1. The number of nitrogens with zero attached hydrogens (tertiary/aromatic N) is 1. The van der Waals surface area contributed by atoms with Gasteiger partial charge in [-0.25, -0.2) is 0 Å². The zero-order chi connectivity index (χ0) is 19.9. The van der Waals surface area contributed by atoms with E-state index in [0.29, 0.717) is 22.8 Å². The van der Waals surface area contributed by atoms with Crippen molar-refractivity contribution in [3.8, 4) is 5.75 Å². The van der Waals surface area contributed by atoms with Crippen LogP contribution >= 0.6 is 0 Å². The van der Waals surface area contributed by atoms with Crippen molar-refractivity contribution in [1.82, 2.24) is 4.98 Å². The topological polar surface area (TPSA) is 92.4 Å². The third-order valence-corrected chi connectivity index (χ3v) is 3.84. The summed E-state index contributed by atoms with van der Waals surface area (Å²) >= 11 is 0. The van der Waals surface area contributed by atoms with Gasteiger partial charge in [0.1, 0.15) is 11.4 Å². The number of hydrogen-bond donors (Lipinski definition) is 3. The average Bonchev–Trinajstić information content (AvgIpc) is 2.70. The molecule has 0 fully saturated rings. The van der Waals surface area contributed by atoms with Gasteiger partial charge in [-0.1, -0.05) is 12.1 Å². The standard InChI is InChI=1S/C21H20N4O3/c1-14(26)23-15-7-9-16(10-8-15)24-17-11-12-22-19(13-17)21(27)25-18-5-3-4-6-20(18)28-2/h3-13H,1-2H3,(H,22,24)(H,23,26)(H,25,27). The second-order valence-electron chi connectivity index (χ2n) is 5.97. The van der Waals surface area contributed by atoms with E-state index >= 15 is 0 Å². The molecule has 0 spiro atoms. The van der Waals surface area contributed by atoms with Gasteiger partial charge in [0.25, 0.3) is 5.91 Å². The Morgan fingerprint density at radius 3 is 2.32 bits per heavy atom. The van der Waals surface area contributed by atoms with Gasteiger partial charge >= 0.3 is 0 Å². The van der Waals surface area contributed by atoms with Crippen molar-refractivity contribution in [2.45, 2.75) is 6.92 Å². The minimum Gasteiger partial charge on any atom is -0.495 e. The normalized spacial score (nSPS) is 10.1. The summed E-state index contributed by atoms with van der Waals surface area (Å²) in [5.41, 5.74) is 3.09. The van der Waals surface area contributed by atoms with Crippen molar-refractivity contribution in [2.24, 2.45) is 0 Å². The van der Waals surface area contributed by atoms with Crippen molar-refractivity contribution >= 4 is 34.6 Å².